The number of pyridine rings is 1. The van der Waals surface area contributed by atoms with Gasteiger partial charge in [0.2, 0.25) is 0 Å². The van der Waals surface area contributed by atoms with Gasteiger partial charge in [0.25, 0.3) is 0 Å². The van der Waals surface area contributed by atoms with Gasteiger partial charge in [-0.3, -0.25) is 4.98 Å². The first-order chi connectivity index (χ1) is 10.3. The van der Waals surface area contributed by atoms with Gasteiger partial charge in [0.05, 0.1) is 17.5 Å². The molecule has 3 nitrogen and oxygen atoms in total. The van der Waals surface area contributed by atoms with E-state index < -0.39 is 0 Å². The zero-order valence-electron chi connectivity index (χ0n) is 11.7. The van der Waals surface area contributed by atoms with Crippen LogP contribution in [0.25, 0.3) is 10.9 Å². The summed E-state index contributed by atoms with van der Waals surface area (Å²) in [4.78, 5) is 6.86. The SMILES string of the molecule is N#CC1CC2CCC1N(c1ccnc3cc(Cl)ccc13)C2. The van der Waals surface area contributed by atoms with Crippen LogP contribution in [0.1, 0.15) is 19.3 Å². The van der Waals surface area contributed by atoms with Crippen molar-refractivity contribution in [2.24, 2.45) is 11.8 Å². The largest absolute Gasteiger partial charge is 0.366 e. The van der Waals surface area contributed by atoms with E-state index in [0.717, 1.165) is 30.3 Å². The lowest BCUT2D eigenvalue weighted by Crippen LogP contribution is -2.53. The number of hydrogen-bond donors (Lipinski definition) is 0. The lowest BCUT2D eigenvalue weighted by atomic mass is 9.73. The van der Waals surface area contributed by atoms with E-state index in [4.69, 9.17) is 11.6 Å². The molecule has 1 aromatic carbocycles. The minimum Gasteiger partial charge on any atom is -0.366 e. The van der Waals surface area contributed by atoms with Crippen molar-refractivity contribution in [3.63, 3.8) is 0 Å². The van der Waals surface area contributed by atoms with Gasteiger partial charge >= 0.3 is 0 Å². The summed E-state index contributed by atoms with van der Waals surface area (Å²) in [5, 5.41) is 11.3. The molecule has 2 aliphatic heterocycles. The van der Waals surface area contributed by atoms with Crippen LogP contribution in [0, 0.1) is 23.2 Å². The Kier molecular flexibility index (Phi) is 3.01. The number of nitriles is 1. The Hall–Kier alpha value is -1.79. The molecule has 5 rings (SSSR count). The lowest BCUT2D eigenvalue weighted by molar-refractivity contribution is 0.207. The highest BCUT2D eigenvalue weighted by Gasteiger charge is 2.41. The maximum atomic E-state index is 9.42. The van der Waals surface area contributed by atoms with Gasteiger partial charge in [-0.15, -0.1) is 0 Å². The molecule has 0 radical (unpaired) electrons. The first-order valence-corrected chi connectivity index (χ1v) is 7.84. The maximum absolute atomic E-state index is 9.42. The third-order valence-corrected chi connectivity index (χ3v) is 5.17. The van der Waals surface area contributed by atoms with Gasteiger partial charge < -0.3 is 4.90 Å². The monoisotopic (exact) mass is 297 g/mol. The van der Waals surface area contributed by atoms with Crippen LogP contribution in [0.4, 0.5) is 5.69 Å². The Balaban J connectivity index is 1.82. The number of piperidine rings is 2. The number of benzene rings is 1. The minimum absolute atomic E-state index is 0.160. The molecule has 1 aliphatic carbocycles. The van der Waals surface area contributed by atoms with E-state index in [0.29, 0.717) is 17.0 Å². The zero-order valence-corrected chi connectivity index (χ0v) is 12.4. The zero-order chi connectivity index (χ0) is 14.4. The van der Waals surface area contributed by atoms with E-state index in [1.165, 1.54) is 12.1 Å². The van der Waals surface area contributed by atoms with Crippen molar-refractivity contribution in [3.8, 4) is 6.07 Å². The molecule has 0 N–H and O–H groups in total. The molecule has 3 fully saturated rings. The Labute approximate surface area is 129 Å². The summed E-state index contributed by atoms with van der Waals surface area (Å²) in [5.41, 5.74) is 2.13. The summed E-state index contributed by atoms with van der Waals surface area (Å²) in [5.74, 6) is 0.809. The molecule has 2 saturated heterocycles. The molecule has 0 spiro atoms. The number of anilines is 1. The van der Waals surface area contributed by atoms with Crippen molar-refractivity contribution in [1.82, 2.24) is 4.98 Å². The van der Waals surface area contributed by atoms with Crippen molar-refractivity contribution in [3.05, 3.63) is 35.5 Å². The third-order valence-electron chi connectivity index (χ3n) is 4.93. The van der Waals surface area contributed by atoms with Crippen LogP contribution in [-0.4, -0.2) is 17.6 Å². The molecule has 3 aliphatic rings. The molecule has 4 heteroatoms. The van der Waals surface area contributed by atoms with Crippen LogP contribution in [0.3, 0.4) is 0 Å². The van der Waals surface area contributed by atoms with Crippen LogP contribution in [0.2, 0.25) is 5.02 Å². The van der Waals surface area contributed by atoms with Gasteiger partial charge in [0, 0.05) is 34.9 Å². The van der Waals surface area contributed by atoms with E-state index in [9.17, 15) is 5.26 Å². The summed E-state index contributed by atoms with van der Waals surface area (Å²) in [6.45, 7) is 1.06. The summed E-state index contributed by atoms with van der Waals surface area (Å²) >= 11 is 6.07. The highest BCUT2D eigenvalue weighted by Crippen LogP contribution is 2.42. The van der Waals surface area contributed by atoms with Crippen molar-refractivity contribution < 1.29 is 0 Å². The van der Waals surface area contributed by atoms with Gasteiger partial charge in [-0.1, -0.05) is 11.6 Å². The first-order valence-electron chi connectivity index (χ1n) is 7.47. The quantitative estimate of drug-likeness (QED) is 0.798. The first kappa shape index (κ1) is 12.9. The van der Waals surface area contributed by atoms with Gasteiger partial charge in [0.1, 0.15) is 0 Å². The number of aromatic nitrogens is 1. The summed E-state index contributed by atoms with van der Waals surface area (Å²) in [7, 11) is 0. The second-order valence-electron chi connectivity index (χ2n) is 6.13. The fourth-order valence-corrected chi connectivity index (χ4v) is 4.13. The Morgan fingerprint density at radius 1 is 1.29 bits per heavy atom. The van der Waals surface area contributed by atoms with E-state index in [1.807, 2.05) is 24.4 Å². The molecule has 2 bridgehead atoms. The van der Waals surface area contributed by atoms with E-state index >= 15 is 0 Å². The van der Waals surface area contributed by atoms with Crippen molar-refractivity contribution in [2.75, 3.05) is 11.4 Å². The summed E-state index contributed by atoms with van der Waals surface area (Å²) < 4.78 is 0. The molecule has 2 aromatic rings. The van der Waals surface area contributed by atoms with Crippen LogP contribution in [0.5, 0.6) is 0 Å². The van der Waals surface area contributed by atoms with E-state index in [1.54, 1.807) is 0 Å². The van der Waals surface area contributed by atoms with E-state index in [-0.39, 0.29) is 5.92 Å². The predicted octanol–water partition coefficient (Wildman–Crippen LogP) is 4.02. The average molecular weight is 298 g/mol. The van der Waals surface area contributed by atoms with Crippen molar-refractivity contribution in [2.45, 2.75) is 25.3 Å². The second-order valence-corrected chi connectivity index (χ2v) is 6.56. The van der Waals surface area contributed by atoms with Crippen molar-refractivity contribution >= 4 is 28.2 Å². The molecule has 21 heavy (non-hydrogen) atoms. The highest BCUT2D eigenvalue weighted by atomic mass is 35.5. The average Bonchev–Trinajstić information content (AvgIpc) is 2.54. The van der Waals surface area contributed by atoms with Gasteiger partial charge in [0.15, 0.2) is 0 Å². The van der Waals surface area contributed by atoms with Crippen LogP contribution in [0.15, 0.2) is 30.5 Å². The predicted molar refractivity (Wildman–Crippen MR) is 84.3 cm³/mol. The number of halogens is 1. The maximum Gasteiger partial charge on any atom is 0.0737 e. The standard InChI is InChI=1S/C17H16ClN3/c18-13-2-3-14-15(8-13)20-6-5-17(14)21-10-11-1-4-16(21)12(7-11)9-19/h2-3,5-6,8,11-12,16H,1,4,7,10H2. The minimum atomic E-state index is 0.160. The fourth-order valence-electron chi connectivity index (χ4n) is 3.97. The van der Waals surface area contributed by atoms with E-state index in [2.05, 4.69) is 22.0 Å². The molecule has 1 saturated carbocycles. The van der Waals surface area contributed by atoms with Gasteiger partial charge in [-0.25, -0.2) is 0 Å². The fraction of sp³-hybridized carbons (Fsp3) is 0.412. The number of hydrogen-bond acceptors (Lipinski definition) is 3. The van der Waals surface area contributed by atoms with Crippen molar-refractivity contribution in [1.29, 1.82) is 5.26 Å². The molecular weight excluding hydrogens is 282 g/mol. The highest BCUT2D eigenvalue weighted by molar-refractivity contribution is 6.31. The molecular formula is C17H16ClN3. The summed E-state index contributed by atoms with van der Waals surface area (Å²) in [6.07, 6.45) is 5.29. The topological polar surface area (TPSA) is 39.9 Å². The van der Waals surface area contributed by atoms with Crippen LogP contribution in [-0.2, 0) is 0 Å². The third kappa shape index (κ3) is 2.06. The van der Waals surface area contributed by atoms with Gasteiger partial charge in [-0.2, -0.15) is 5.26 Å². The van der Waals surface area contributed by atoms with Crippen LogP contribution < -0.4 is 4.90 Å². The number of nitrogens with zero attached hydrogens (tertiary/aromatic N) is 3. The molecule has 1 aromatic heterocycles. The molecule has 3 atom stereocenters. The normalized spacial score (nSPS) is 27.8. The molecule has 106 valence electrons. The number of rotatable bonds is 1. The second kappa shape index (κ2) is 4.89. The molecule has 0 amide bonds. The van der Waals surface area contributed by atoms with Crippen LogP contribution >= 0.6 is 11.6 Å². The molecule has 3 heterocycles. The lowest BCUT2D eigenvalue weighted by Gasteiger charge is -2.49. The summed E-state index contributed by atoms with van der Waals surface area (Å²) in [6, 6.07) is 10.8. The Morgan fingerprint density at radius 2 is 2.19 bits per heavy atom. The Bertz CT molecular complexity index is 736. The smallest absolute Gasteiger partial charge is 0.0737 e. The number of fused-ring (bicyclic) bond motifs is 4. The Morgan fingerprint density at radius 3 is 3.00 bits per heavy atom. The van der Waals surface area contributed by atoms with Gasteiger partial charge in [-0.05, 0) is 49.4 Å². The molecule has 3 unspecified atom stereocenters.